The molecule has 0 bridgehead atoms. The predicted octanol–water partition coefficient (Wildman–Crippen LogP) is 8.13. The van der Waals surface area contributed by atoms with Crippen LogP contribution < -0.4 is 26.0 Å². The minimum atomic E-state index is 0.125. The van der Waals surface area contributed by atoms with E-state index in [-0.39, 0.29) is 6.71 Å². The quantitative estimate of drug-likeness (QED) is 0.211. The molecule has 2 aliphatic heterocycles. The Morgan fingerprint density at radius 3 is 2.10 bits per heavy atom. The highest BCUT2D eigenvalue weighted by molar-refractivity contribution is 7.25. The second-order valence-corrected chi connectivity index (χ2v) is 11.5. The van der Waals surface area contributed by atoms with Crippen molar-refractivity contribution in [2.75, 3.05) is 4.90 Å². The van der Waals surface area contributed by atoms with Crippen LogP contribution in [0.2, 0.25) is 0 Å². The third-order valence-electron chi connectivity index (χ3n) is 8.35. The van der Waals surface area contributed by atoms with Gasteiger partial charge in [-0.25, -0.2) is 0 Å². The number of nitrogens with zero attached hydrogens (tertiary/aromatic N) is 1. The molecule has 0 N–H and O–H groups in total. The van der Waals surface area contributed by atoms with Crippen molar-refractivity contribution in [3.8, 4) is 22.6 Å². The first-order valence-electron chi connectivity index (χ1n) is 13.7. The molecule has 2 nitrogen and oxygen atoms in total. The Balaban J connectivity index is 1.34. The summed E-state index contributed by atoms with van der Waals surface area (Å²) in [5.74, 6) is 1.88. The maximum Gasteiger partial charge on any atom is 0.256 e. The standard InChI is InChI=1S/C36H22BNOS/c1-5-16-28(23(11-1)24-13-9-22-34-35(24)25-12-2-8-21-33(25)40-34)38-29-17-6-3-14-26(29)37-27-15-4-7-19-31(27)39-32-20-10-18-30(38)36(32)37/h1-22H. The van der Waals surface area contributed by atoms with E-state index in [4.69, 9.17) is 4.74 Å². The lowest BCUT2D eigenvalue weighted by Gasteiger charge is -2.40. The monoisotopic (exact) mass is 527 g/mol. The van der Waals surface area contributed by atoms with Gasteiger partial charge in [0, 0.05) is 37.1 Å². The normalized spacial score (nSPS) is 13.1. The number of rotatable bonds is 2. The van der Waals surface area contributed by atoms with E-state index in [0.717, 1.165) is 11.5 Å². The van der Waals surface area contributed by atoms with Gasteiger partial charge in [0.25, 0.3) is 6.71 Å². The summed E-state index contributed by atoms with van der Waals surface area (Å²) in [7, 11) is 0. The van der Waals surface area contributed by atoms with Crippen molar-refractivity contribution < 1.29 is 4.74 Å². The van der Waals surface area contributed by atoms with Gasteiger partial charge in [0.05, 0.1) is 5.69 Å². The van der Waals surface area contributed by atoms with Gasteiger partial charge < -0.3 is 9.64 Å². The fourth-order valence-corrected chi connectivity index (χ4v) is 7.87. The number of ether oxygens (including phenoxy) is 1. The van der Waals surface area contributed by atoms with Gasteiger partial charge in [0.15, 0.2) is 0 Å². The second-order valence-electron chi connectivity index (χ2n) is 10.5. The summed E-state index contributed by atoms with van der Waals surface area (Å²) < 4.78 is 9.14. The van der Waals surface area contributed by atoms with Crippen LogP contribution in [0.25, 0.3) is 31.3 Å². The van der Waals surface area contributed by atoms with Crippen LogP contribution >= 0.6 is 11.3 Å². The third kappa shape index (κ3) is 3.00. The predicted molar refractivity (Wildman–Crippen MR) is 171 cm³/mol. The molecule has 0 saturated carbocycles. The van der Waals surface area contributed by atoms with Crippen LogP contribution in [0.4, 0.5) is 17.1 Å². The molecule has 7 aromatic rings. The highest BCUT2D eigenvalue weighted by atomic mass is 32.1. The Bertz CT molecular complexity index is 2130. The Morgan fingerprint density at radius 1 is 0.500 bits per heavy atom. The minimum absolute atomic E-state index is 0.125. The van der Waals surface area contributed by atoms with Crippen LogP contribution in [0.1, 0.15) is 0 Å². The van der Waals surface area contributed by atoms with E-state index in [1.807, 2.05) is 11.3 Å². The van der Waals surface area contributed by atoms with Gasteiger partial charge in [-0.2, -0.15) is 0 Å². The van der Waals surface area contributed by atoms with E-state index < -0.39 is 0 Å². The van der Waals surface area contributed by atoms with Gasteiger partial charge in [0.1, 0.15) is 11.5 Å². The van der Waals surface area contributed by atoms with Crippen molar-refractivity contribution in [2.24, 2.45) is 0 Å². The molecule has 2 aliphatic rings. The summed E-state index contributed by atoms with van der Waals surface area (Å²) in [5.41, 5.74) is 9.78. The molecule has 0 fully saturated rings. The van der Waals surface area contributed by atoms with Crippen molar-refractivity contribution in [1.82, 2.24) is 0 Å². The molecule has 3 heterocycles. The van der Waals surface area contributed by atoms with Gasteiger partial charge in [0.2, 0.25) is 0 Å². The summed E-state index contributed by atoms with van der Waals surface area (Å²) in [4.78, 5) is 2.45. The van der Waals surface area contributed by atoms with Crippen LogP contribution in [0.15, 0.2) is 133 Å². The number of anilines is 3. The zero-order valence-electron chi connectivity index (χ0n) is 21.5. The second kappa shape index (κ2) is 8.35. The van der Waals surface area contributed by atoms with E-state index in [9.17, 15) is 0 Å². The van der Waals surface area contributed by atoms with E-state index in [0.29, 0.717) is 0 Å². The number of benzene rings is 6. The fraction of sp³-hybridized carbons (Fsp3) is 0. The fourth-order valence-electron chi connectivity index (χ4n) is 6.74. The maximum atomic E-state index is 6.51. The average Bonchev–Trinajstić information content (AvgIpc) is 3.40. The molecular formula is C36H22BNOS. The Hall–Kier alpha value is -4.80. The SMILES string of the molecule is c1ccc2c(c1)Oc1cccc3c1B2c1ccccc1N3c1ccccc1-c1cccc2sc3ccccc3c12. The molecule has 1 aromatic heterocycles. The Labute approximate surface area is 236 Å². The largest absolute Gasteiger partial charge is 0.458 e. The lowest BCUT2D eigenvalue weighted by Crippen LogP contribution is -2.59. The maximum absolute atomic E-state index is 6.51. The van der Waals surface area contributed by atoms with Gasteiger partial charge >= 0.3 is 0 Å². The first kappa shape index (κ1) is 22.1. The highest BCUT2D eigenvalue weighted by Gasteiger charge is 2.41. The summed E-state index contributed by atoms with van der Waals surface area (Å²) in [6.07, 6.45) is 0. The van der Waals surface area contributed by atoms with Crippen LogP contribution in [-0.2, 0) is 0 Å². The molecule has 0 saturated heterocycles. The van der Waals surface area contributed by atoms with Gasteiger partial charge in [-0.3, -0.25) is 0 Å². The van der Waals surface area contributed by atoms with Crippen LogP contribution in [0, 0.1) is 0 Å². The molecular weight excluding hydrogens is 505 g/mol. The minimum Gasteiger partial charge on any atom is -0.458 e. The number of thiophene rings is 1. The Kier molecular flexibility index (Phi) is 4.61. The van der Waals surface area contributed by atoms with Crippen molar-refractivity contribution in [1.29, 1.82) is 0 Å². The van der Waals surface area contributed by atoms with Gasteiger partial charge in [-0.05, 0) is 64.4 Å². The number of hydrogen-bond donors (Lipinski definition) is 0. The summed E-state index contributed by atoms with van der Waals surface area (Å²) in [5, 5.41) is 2.64. The lowest BCUT2D eigenvalue weighted by molar-refractivity contribution is 0.487. The van der Waals surface area contributed by atoms with Gasteiger partial charge in [-0.1, -0.05) is 91.0 Å². The smallest absolute Gasteiger partial charge is 0.256 e. The average molecular weight is 527 g/mol. The summed E-state index contributed by atoms with van der Waals surface area (Å²) in [6.45, 7) is 0.125. The van der Waals surface area contributed by atoms with Crippen molar-refractivity contribution >= 4 is 71.7 Å². The molecule has 9 rings (SSSR count). The summed E-state index contributed by atoms with van der Waals surface area (Å²) in [6, 6.07) is 48.1. The first-order chi connectivity index (χ1) is 19.9. The molecule has 0 radical (unpaired) electrons. The molecule has 186 valence electrons. The number of para-hydroxylation sites is 3. The van der Waals surface area contributed by atoms with E-state index in [1.165, 1.54) is 64.7 Å². The van der Waals surface area contributed by atoms with Crippen LogP contribution in [0.5, 0.6) is 11.5 Å². The van der Waals surface area contributed by atoms with Crippen molar-refractivity contribution in [3.05, 3.63) is 133 Å². The molecule has 6 aromatic carbocycles. The summed E-state index contributed by atoms with van der Waals surface area (Å²) >= 11 is 1.87. The van der Waals surface area contributed by atoms with E-state index >= 15 is 0 Å². The molecule has 0 amide bonds. The molecule has 4 heteroatoms. The lowest BCUT2D eigenvalue weighted by atomic mass is 9.34. The molecule has 0 aliphatic carbocycles. The van der Waals surface area contributed by atoms with E-state index in [2.05, 4.69) is 138 Å². The van der Waals surface area contributed by atoms with Crippen molar-refractivity contribution in [3.63, 3.8) is 0 Å². The first-order valence-corrected chi connectivity index (χ1v) is 14.5. The zero-order chi connectivity index (χ0) is 26.2. The topological polar surface area (TPSA) is 12.5 Å². The third-order valence-corrected chi connectivity index (χ3v) is 9.48. The zero-order valence-corrected chi connectivity index (χ0v) is 22.4. The Morgan fingerprint density at radius 2 is 1.15 bits per heavy atom. The molecule has 0 atom stereocenters. The molecule has 0 unspecified atom stereocenters. The van der Waals surface area contributed by atoms with E-state index in [1.54, 1.807) is 0 Å². The highest BCUT2D eigenvalue weighted by Crippen LogP contribution is 2.47. The van der Waals surface area contributed by atoms with Crippen LogP contribution in [0.3, 0.4) is 0 Å². The van der Waals surface area contributed by atoms with Gasteiger partial charge in [-0.15, -0.1) is 11.3 Å². The van der Waals surface area contributed by atoms with Crippen LogP contribution in [-0.4, -0.2) is 6.71 Å². The number of fused-ring (bicyclic) bond motifs is 7. The van der Waals surface area contributed by atoms with Crippen molar-refractivity contribution in [2.45, 2.75) is 0 Å². The molecule has 40 heavy (non-hydrogen) atoms. The number of hydrogen-bond acceptors (Lipinski definition) is 3. The molecule has 0 spiro atoms.